The average molecular weight is 389 g/mol. The summed E-state index contributed by atoms with van der Waals surface area (Å²) in [4.78, 5) is 16.9. The van der Waals surface area contributed by atoms with Gasteiger partial charge in [0.1, 0.15) is 0 Å². The fourth-order valence-electron chi connectivity index (χ4n) is 3.40. The van der Waals surface area contributed by atoms with Gasteiger partial charge < -0.3 is 15.5 Å². The molecule has 2 saturated heterocycles. The normalized spacial score (nSPS) is 21.0. The van der Waals surface area contributed by atoms with Crippen molar-refractivity contribution in [2.24, 2.45) is 0 Å². The number of piperazine rings is 1. The fourth-order valence-corrected chi connectivity index (χ4v) is 3.40. The van der Waals surface area contributed by atoms with Gasteiger partial charge in [-0.15, -0.1) is 24.8 Å². The molecule has 2 aliphatic heterocycles. The Hall–Kier alpha value is -1.01. The van der Waals surface area contributed by atoms with Crippen molar-refractivity contribution in [2.45, 2.75) is 25.3 Å². The van der Waals surface area contributed by atoms with Gasteiger partial charge in [0.15, 0.2) is 0 Å². The molecule has 1 aromatic rings. The number of hydrogen-bond donors (Lipinski definition) is 2. The molecular formula is C18H30Cl2N4O. The van der Waals surface area contributed by atoms with Crippen molar-refractivity contribution < 1.29 is 4.79 Å². The van der Waals surface area contributed by atoms with Crippen LogP contribution in [0.3, 0.4) is 0 Å². The van der Waals surface area contributed by atoms with E-state index in [9.17, 15) is 4.79 Å². The van der Waals surface area contributed by atoms with Gasteiger partial charge in [-0.25, -0.2) is 0 Å². The largest absolute Gasteiger partial charge is 0.369 e. The summed E-state index contributed by atoms with van der Waals surface area (Å²) < 4.78 is 0. The number of rotatable bonds is 5. The van der Waals surface area contributed by atoms with Crippen molar-refractivity contribution in [3.8, 4) is 0 Å². The summed E-state index contributed by atoms with van der Waals surface area (Å²) in [6.07, 6.45) is 2.88. The minimum Gasteiger partial charge on any atom is -0.369 e. The summed E-state index contributed by atoms with van der Waals surface area (Å²) in [5.74, 6) is 0.198. The van der Waals surface area contributed by atoms with Crippen LogP contribution < -0.4 is 15.5 Å². The molecule has 1 aromatic carbocycles. The zero-order valence-corrected chi connectivity index (χ0v) is 16.3. The van der Waals surface area contributed by atoms with Crippen LogP contribution in [-0.2, 0) is 4.79 Å². The van der Waals surface area contributed by atoms with Gasteiger partial charge in [-0.1, -0.05) is 18.2 Å². The lowest BCUT2D eigenvalue weighted by atomic mass is 10.1. The lowest BCUT2D eigenvalue weighted by molar-refractivity contribution is -0.122. The molecule has 7 heteroatoms. The number of nitrogens with zero attached hydrogens (tertiary/aromatic N) is 2. The average Bonchev–Trinajstić information content (AvgIpc) is 2.62. The summed E-state index contributed by atoms with van der Waals surface area (Å²) in [6.45, 7) is 7.02. The third-order valence-corrected chi connectivity index (χ3v) is 4.81. The van der Waals surface area contributed by atoms with Gasteiger partial charge in [-0.05, 0) is 31.5 Å². The highest BCUT2D eigenvalue weighted by Gasteiger charge is 2.19. The van der Waals surface area contributed by atoms with Crippen molar-refractivity contribution in [1.82, 2.24) is 15.5 Å². The van der Waals surface area contributed by atoms with E-state index in [2.05, 4.69) is 50.8 Å². The van der Waals surface area contributed by atoms with Gasteiger partial charge in [-0.3, -0.25) is 9.69 Å². The number of piperidine rings is 1. The second-order valence-electron chi connectivity index (χ2n) is 6.53. The molecule has 2 heterocycles. The first-order valence-corrected chi connectivity index (χ1v) is 8.84. The Kier molecular flexibility index (Phi) is 10.2. The van der Waals surface area contributed by atoms with Gasteiger partial charge >= 0.3 is 0 Å². The first-order valence-electron chi connectivity index (χ1n) is 8.84. The van der Waals surface area contributed by atoms with E-state index in [-0.39, 0.29) is 30.7 Å². The van der Waals surface area contributed by atoms with E-state index >= 15 is 0 Å². The molecule has 0 radical (unpaired) electrons. The molecule has 0 spiro atoms. The number of amides is 1. The molecule has 0 bridgehead atoms. The quantitative estimate of drug-likeness (QED) is 0.808. The highest BCUT2D eigenvalue weighted by atomic mass is 35.5. The molecule has 1 amide bonds. The monoisotopic (exact) mass is 388 g/mol. The summed E-state index contributed by atoms with van der Waals surface area (Å²) in [7, 11) is 0. The van der Waals surface area contributed by atoms with Crippen LogP contribution in [0.5, 0.6) is 0 Å². The minimum absolute atomic E-state index is 0. The molecule has 25 heavy (non-hydrogen) atoms. The van der Waals surface area contributed by atoms with Gasteiger partial charge in [0.05, 0.1) is 0 Å². The highest BCUT2D eigenvalue weighted by molar-refractivity contribution is 5.85. The van der Waals surface area contributed by atoms with Crippen LogP contribution in [0, 0.1) is 0 Å². The van der Waals surface area contributed by atoms with Crippen LogP contribution in [0.2, 0.25) is 0 Å². The van der Waals surface area contributed by atoms with Gasteiger partial charge in [0, 0.05) is 57.4 Å². The predicted molar refractivity (Wildman–Crippen MR) is 108 cm³/mol. The Morgan fingerprint density at radius 2 is 1.84 bits per heavy atom. The second-order valence-corrected chi connectivity index (χ2v) is 6.53. The molecule has 142 valence electrons. The zero-order chi connectivity index (χ0) is 15.9. The molecular weight excluding hydrogens is 359 g/mol. The Morgan fingerprint density at radius 1 is 1.12 bits per heavy atom. The lowest BCUT2D eigenvalue weighted by Crippen LogP contribution is -2.48. The van der Waals surface area contributed by atoms with Gasteiger partial charge in [0.2, 0.25) is 5.91 Å². The van der Waals surface area contributed by atoms with E-state index in [1.165, 1.54) is 5.69 Å². The Bertz CT molecular complexity index is 489. The Morgan fingerprint density at radius 3 is 2.48 bits per heavy atom. The molecule has 0 aliphatic carbocycles. The van der Waals surface area contributed by atoms with Crippen LogP contribution in [0.1, 0.15) is 19.3 Å². The smallest absolute Gasteiger partial charge is 0.221 e. The van der Waals surface area contributed by atoms with Gasteiger partial charge in [0.25, 0.3) is 0 Å². The third-order valence-electron chi connectivity index (χ3n) is 4.81. The second kappa shape index (κ2) is 11.6. The molecule has 2 N–H and O–H groups in total. The Balaban J connectivity index is 0.00000156. The number of para-hydroxylation sites is 1. The number of anilines is 1. The van der Waals surface area contributed by atoms with E-state index in [0.29, 0.717) is 12.5 Å². The number of nitrogens with one attached hydrogen (secondary N) is 2. The number of hydrogen-bond acceptors (Lipinski definition) is 4. The Labute approximate surface area is 163 Å². The summed E-state index contributed by atoms with van der Waals surface area (Å²) in [5.41, 5.74) is 1.30. The maximum Gasteiger partial charge on any atom is 0.221 e. The first kappa shape index (κ1) is 22.0. The van der Waals surface area contributed by atoms with E-state index in [1.54, 1.807) is 0 Å². The number of halogens is 2. The van der Waals surface area contributed by atoms with Crippen LogP contribution in [0.15, 0.2) is 30.3 Å². The van der Waals surface area contributed by atoms with Crippen molar-refractivity contribution in [2.75, 3.05) is 50.7 Å². The maximum absolute atomic E-state index is 12.1. The first-order chi connectivity index (χ1) is 11.3. The molecule has 2 fully saturated rings. The number of carbonyl (C=O) groups is 1. The summed E-state index contributed by atoms with van der Waals surface area (Å²) >= 11 is 0. The molecule has 2 aliphatic rings. The van der Waals surface area contributed by atoms with Crippen LogP contribution in [-0.4, -0.2) is 62.7 Å². The van der Waals surface area contributed by atoms with Gasteiger partial charge in [-0.2, -0.15) is 0 Å². The van der Waals surface area contributed by atoms with E-state index in [1.807, 2.05) is 0 Å². The zero-order valence-electron chi connectivity index (χ0n) is 14.7. The lowest BCUT2D eigenvalue weighted by Gasteiger charge is -2.36. The van der Waals surface area contributed by atoms with Crippen molar-refractivity contribution >= 4 is 36.4 Å². The highest BCUT2D eigenvalue weighted by Crippen LogP contribution is 2.15. The molecule has 1 atom stereocenters. The standard InChI is InChI=1S/C18H28N4O.2ClH/c23-18(20-16-5-4-9-19-15-16)8-10-21-11-13-22(14-12-21)17-6-2-1-3-7-17;;/h1-3,6-7,16,19H,4-5,8-15H2,(H,20,23);2*1H. The molecule has 5 nitrogen and oxygen atoms in total. The molecule has 0 aromatic heterocycles. The fraction of sp³-hybridized carbons (Fsp3) is 0.611. The SMILES string of the molecule is Cl.Cl.O=C(CCN1CCN(c2ccccc2)CC1)NC1CCCNC1. The van der Waals surface area contributed by atoms with Crippen LogP contribution in [0.4, 0.5) is 5.69 Å². The van der Waals surface area contributed by atoms with E-state index in [4.69, 9.17) is 0 Å². The summed E-state index contributed by atoms with van der Waals surface area (Å²) in [5, 5.41) is 6.49. The van der Waals surface area contributed by atoms with Crippen molar-refractivity contribution in [3.05, 3.63) is 30.3 Å². The molecule has 3 rings (SSSR count). The predicted octanol–water partition coefficient (Wildman–Crippen LogP) is 1.91. The topological polar surface area (TPSA) is 47.6 Å². The molecule has 0 saturated carbocycles. The van der Waals surface area contributed by atoms with E-state index in [0.717, 1.165) is 58.7 Å². The summed E-state index contributed by atoms with van der Waals surface area (Å²) in [6, 6.07) is 10.9. The van der Waals surface area contributed by atoms with Crippen molar-refractivity contribution in [3.63, 3.8) is 0 Å². The van der Waals surface area contributed by atoms with E-state index < -0.39 is 0 Å². The third kappa shape index (κ3) is 7.02. The maximum atomic E-state index is 12.1. The number of benzene rings is 1. The molecule has 1 unspecified atom stereocenters. The number of carbonyl (C=O) groups excluding carboxylic acids is 1. The van der Waals surface area contributed by atoms with Crippen LogP contribution >= 0.6 is 24.8 Å². The van der Waals surface area contributed by atoms with Crippen molar-refractivity contribution in [1.29, 1.82) is 0 Å². The van der Waals surface area contributed by atoms with Crippen LogP contribution in [0.25, 0.3) is 0 Å². The minimum atomic E-state index is 0.